The van der Waals surface area contributed by atoms with E-state index in [0.717, 1.165) is 89.9 Å². The highest BCUT2D eigenvalue weighted by Gasteiger charge is 2.19. The van der Waals surface area contributed by atoms with E-state index >= 15 is 0 Å². The highest BCUT2D eigenvalue weighted by atomic mass is 16.6. The van der Waals surface area contributed by atoms with Gasteiger partial charge in [0.25, 0.3) is 0 Å². The third-order valence-corrected chi connectivity index (χ3v) is 9.43. The fourth-order valence-electron chi connectivity index (χ4n) is 5.96. The van der Waals surface area contributed by atoms with Crippen molar-refractivity contribution in [3.05, 3.63) is 72.9 Å². The fraction of sp³-hybridized carbons (Fsp3) is 0.700. The summed E-state index contributed by atoms with van der Waals surface area (Å²) < 4.78 is 16.6. The van der Waals surface area contributed by atoms with Gasteiger partial charge in [0.1, 0.15) is 13.2 Å². The van der Waals surface area contributed by atoms with Crippen LogP contribution in [0.3, 0.4) is 0 Å². The Labute approximate surface area is 344 Å². The molecule has 0 saturated carbocycles. The minimum Gasteiger partial charge on any atom is -0.462 e. The van der Waals surface area contributed by atoms with Gasteiger partial charge in [0.15, 0.2) is 6.10 Å². The molecule has 1 atom stereocenters. The lowest BCUT2D eigenvalue weighted by atomic mass is 10.1. The third-order valence-electron chi connectivity index (χ3n) is 9.43. The van der Waals surface area contributed by atoms with E-state index in [2.05, 4.69) is 81.5 Å². The Hall–Kier alpha value is -3.15. The summed E-state index contributed by atoms with van der Waals surface area (Å²) in [4.78, 5) is 37.7. The molecule has 0 fully saturated rings. The van der Waals surface area contributed by atoms with Gasteiger partial charge in [-0.25, -0.2) is 0 Å². The molecule has 0 spiro atoms. The molecule has 0 heterocycles. The number of hydrogen-bond donors (Lipinski definition) is 0. The second kappa shape index (κ2) is 44.6. The van der Waals surface area contributed by atoms with Crippen molar-refractivity contribution in [2.75, 3.05) is 13.2 Å². The van der Waals surface area contributed by atoms with E-state index < -0.39 is 12.1 Å². The number of unbranched alkanes of at least 4 members (excludes halogenated alkanes) is 17. The Kier molecular flexibility index (Phi) is 42.1. The molecule has 0 saturated heterocycles. The molecule has 320 valence electrons. The zero-order chi connectivity index (χ0) is 40.8. The lowest BCUT2D eigenvalue weighted by Crippen LogP contribution is -2.30. The van der Waals surface area contributed by atoms with Crippen molar-refractivity contribution in [3.63, 3.8) is 0 Å². The van der Waals surface area contributed by atoms with E-state index in [9.17, 15) is 14.4 Å². The van der Waals surface area contributed by atoms with Crippen LogP contribution in [-0.4, -0.2) is 37.2 Å². The molecule has 0 rings (SSSR count). The Morgan fingerprint density at radius 3 is 1.21 bits per heavy atom. The van der Waals surface area contributed by atoms with Crippen molar-refractivity contribution in [1.29, 1.82) is 0 Å². The Balaban J connectivity index is 4.50. The van der Waals surface area contributed by atoms with Crippen molar-refractivity contribution < 1.29 is 28.6 Å². The maximum absolute atomic E-state index is 12.7. The van der Waals surface area contributed by atoms with Crippen LogP contribution in [0, 0.1) is 0 Å². The summed E-state index contributed by atoms with van der Waals surface area (Å²) in [5, 5.41) is 0. The normalized spacial score (nSPS) is 12.7. The lowest BCUT2D eigenvalue weighted by molar-refractivity contribution is -0.166. The zero-order valence-corrected chi connectivity index (χ0v) is 36.4. The summed E-state index contributed by atoms with van der Waals surface area (Å²) in [6, 6.07) is 0. The van der Waals surface area contributed by atoms with Gasteiger partial charge in [-0.05, 0) is 89.9 Å². The standard InChI is InChI=1S/C50H84O6/c1-4-7-10-13-16-19-22-24-26-28-31-34-37-40-43-49(52)55-46-47(45-54-48(51)42-39-36-33-30-27-21-18-15-12-9-6-3)56-50(53)44-41-38-35-32-29-25-23-20-17-14-11-8-5-2/h8,11,15,17-18,20,22,24-25,29,35,38,47H,4-7,9-10,12-14,16,19,21,23,26-28,30-34,36-37,39-46H2,1-3H3/b11-8-,18-15-,20-17-,24-22-,29-25-,38-35-. The molecular formula is C50H84O6. The van der Waals surface area contributed by atoms with Gasteiger partial charge in [0.2, 0.25) is 0 Å². The SMILES string of the molecule is CC/C=C\C/C=C\C/C=C\C/C=C\CCC(=O)OC(COC(=O)CCCCCCC/C=C\CCCC)COC(=O)CCCCCCC/C=C\CCCCCCC. The number of hydrogen-bond acceptors (Lipinski definition) is 6. The van der Waals surface area contributed by atoms with Crippen LogP contribution in [0.4, 0.5) is 0 Å². The Morgan fingerprint density at radius 1 is 0.375 bits per heavy atom. The van der Waals surface area contributed by atoms with E-state index in [0.29, 0.717) is 19.3 Å². The molecule has 0 aliphatic rings. The molecule has 0 N–H and O–H groups in total. The lowest BCUT2D eigenvalue weighted by Gasteiger charge is -2.18. The average Bonchev–Trinajstić information content (AvgIpc) is 3.19. The maximum Gasteiger partial charge on any atom is 0.306 e. The highest BCUT2D eigenvalue weighted by molar-refractivity contribution is 5.71. The number of carbonyl (C=O) groups is 3. The number of carbonyl (C=O) groups excluding carboxylic acids is 3. The van der Waals surface area contributed by atoms with Crippen LogP contribution in [-0.2, 0) is 28.6 Å². The smallest absolute Gasteiger partial charge is 0.306 e. The first-order valence-electron chi connectivity index (χ1n) is 22.9. The summed E-state index contributed by atoms with van der Waals surface area (Å²) in [5.74, 6) is -1.02. The number of ether oxygens (including phenoxy) is 3. The average molecular weight is 781 g/mol. The molecular weight excluding hydrogens is 697 g/mol. The summed E-state index contributed by atoms with van der Waals surface area (Å²) >= 11 is 0. The van der Waals surface area contributed by atoms with Crippen LogP contribution >= 0.6 is 0 Å². The van der Waals surface area contributed by atoms with Gasteiger partial charge < -0.3 is 14.2 Å². The first-order chi connectivity index (χ1) is 27.5. The van der Waals surface area contributed by atoms with Gasteiger partial charge in [-0.2, -0.15) is 0 Å². The molecule has 0 aliphatic carbocycles. The summed E-state index contributed by atoms with van der Waals surface area (Å²) in [5.41, 5.74) is 0. The first kappa shape index (κ1) is 52.9. The molecule has 0 amide bonds. The molecule has 0 aromatic carbocycles. The topological polar surface area (TPSA) is 78.9 Å². The first-order valence-corrected chi connectivity index (χ1v) is 22.9. The van der Waals surface area contributed by atoms with Crippen LogP contribution in [0.5, 0.6) is 0 Å². The van der Waals surface area contributed by atoms with Crippen LogP contribution in [0.2, 0.25) is 0 Å². The van der Waals surface area contributed by atoms with E-state index in [1.807, 2.05) is 12.2 Å². The maximum atomic E-state index is 12.7. The van der Waals surface area contributed by atoms with Gasteiger partial charge in [-0.1, -0.05) is 171 Å². The van der Waals surface area contributed by atoms with Crippen molar-refractivity contribution in [1.82, 2.24) is 0 Å². The largest absolute Gasteiger partial charge is 0.462 e. The van der Waals surface area contributed by atoms with Crippen molar-refractivity contribution in [2.45, 2.75) is 213 Å². The molecule has 56 heavy (non-hydrogen) atoms. The minimum absolute atomic E-state index is 0.111. The Bertz CT molecular complexity index is 1080. The van der Waals surface area contributed by atoms with E-state index in [-0.39, 0.29) is 31.6 Å². The molecule has 0 aliphatic heterocycles. The monoisotopic (exact) mass is 781 g/mol. The number of esters is 3. The Morgan fingerprint density at radius 2 is 0.750 bits per heavy atom. The van der Waals surface area contributed by atoms with Crippen LogP contribution < -0.4 is 0 Å². The number of allylic oxidation sites excluding steroid dienone is 12. The van der Waals surface area contributed by atoms with Gasteiger partial charge in [-0.15, -0.1) is 0 Å². The predicted molar refractivity (Wildman–Crippen MR) is 238 cm³/mol. The van der Waals surface area contributed by atoms with E-state index in [4.69, 9.17) is 14.2 Å². The van der Waals surface area contributed by atoms with Gasteiger partial charge >= 0.3 is 17.9 Å². The van der Waals surface area contributed by atoms with Gasteiger partial charge in [-0.3, -0.25) is 14.4 Å². The molecule has 0 aromatic heterocycles. The minimum atomic E-state index is -0.817. The summed E-state index contributed by atoms with van der Waals surface area (Å²) in [6.07, 6.45) is 54.7. The summed E-state index contributed by atoms with van der Waals surface area (Å²) in [6.45, 7) is 6.37. The van der Waals surface area contributed by atoms with E-state index in [1.165, 1.54) is 70.6 Å². The zero-order valence-electron chi connectivity index (χ0n) is 36.4. The molecule has 0 bridgehead atoms. The fourth-order valence-corrected chi connectivity index (χ4v) is 5.96. The van der Waals surface area contributed by atoms with Crippen molar-refractivity contribution in [3.8, 4) is 0 Å². The molecule has 1 unspecified atom stereocenters. The second-order valence-electron chi connectivity index (χ2n) is 14.9. The molecule has 6 nitrogen and oxygen atoms in total. The van der Waals surface area contributed by atoms with Gasteiger partial charge in [0.05, 0.1) is 0 Å². The molecule has 6 heteroatoms. The second-order valence-corrected chi connectivity index (χ2v) is 14.9. The number of rotatable bonds is 40. The van der Waals surface area contributed by atoms with E-state index in [1.54, 1.807) is 0 Å². The van der Waals surface area contributed by atoms with Crippen LogP contribution in [0.1, 0.15) is 207 Å². The third kappa shape index (κ3) is 42.0. The molecule has 0 aromatic rings. The van der Waals surface area contributed by atoms with Crippen LogP contribution in [0.25, 0.3) is 0 Å². The van der Waals surface area contributed by atoms with Crippen LogP contribution in [0.15, 0.2) is 72.9 Å². The molecule has 0 radical (unpaired) electrons. The van der Waals surface area contributed by atoms with Crippen molar-refractivity contribution in [2.24, 2.45) is 0 Å². The highest BCUT2D eigenvalue weighted by Crippen LogP contribution is 2.12. The quantitative estimate of drug-likeness (QED) is 0.0267. The van der Waals surface area contributed by atoms with Gasteiger partial charge in [0, 0.05) is 19.3 Å². The predicted octanol–water partition coefficient (Wildman–Crippen LogP) is 14.7. The van der Waals surface area contributed by atoms with Crippen molar-refractivity contribution >= 4 is 17.9 Å². The summed E-state index contributed by atoms with van der Waals surface area (Å²) in [7, 11) is 0.